The number of carbonyl (C=O) groups is 1. The number of nitrogens with one attached hydrogen (secondary N) is 1. The molecule has 18 heavy (non-hydrogen) atoms. The molecule has 0 atom stereocenters. The molecule has 1 aromatic rings. The van der Waals surface area contributed by atoms with Gasteiger partial charge >= 0.3 is 5.97 Å². The molecule has 0 bridgehead atoms. The van der Waals surface area contributed by atoms with Gasteiger partial charge in [-0.25, -0.2) is 4.79 Å². The molecule has 0 radical (unpaired) electrons. The highest BCUT2D eigenvalue weighted by Crippen LogP contribution is 2.21. The Bertz CT molecular complexity index is 428. The van der Waals surface area contributed by atoms with Crippen LogP contribution in [0, 0.1) is 5.92 Å². The van der Waals surface area contributed by atoms with Crippen molar-refractivity contribution >= 4 is 17.3 Å². The summed E-state index contributed by atoms with van der Waals surface area (Å²) < 4.78 is 5.29. The molecule has 2 rings (SSSR count). The Labute approximate surface area is 106 Å². The molecule has 1 aliphatic rings. The minimum atomic E-state index is -0.961. The normalized spacial score (nSPS) is 16.4. The summed E-state index contributed by atoms with van der Waals surface area (Å²) >= 11 is 0. The van der Waals surface area contributed by atoms with E-state index in [0.29, 0.717) is 17.3 Å². The molecule has 0 amide bonds. The molecule has 0 saturated carbocycles. The minimum absolute atomic E-state index is 0.224. The summed E-state index contributed by atoms with van der Waals surface area (Å²) in [5.74, 6) is -0.422. The van der Waals surface area contributed by atoms with Crippen LogP contribution in [0.25, 0.3) is 0 Å². The number of anilines is 2. The van der Waals surface area contributed by atoms with Crippen molar-refractivity contribution in [1.82, 2.24) is 0 Å². The van der Waals surface area contributed by atoms with E-state index in [0.717, 1.165) is 32.6 Å². The summed E-state index contributed by atoms with van der Waals surface area (Å²) in [6.45, 7) is 2.35. The van der Waals surface area contributed by atoms with Gasteiger partial charge in [-0.1, -0.05) is 0 Å². The number of aromatic carboxylic acids is 1. The Kier molecular flexibility index (Phi) is 4.04. The highest BCUT2D eigenvalue weighted by Gasteiger charge is 2.15. The third-order valence-corrected chi connectivity index (χ3v) is 3.20. The third-order valence-electron chi connectivity index (χ3n) is 3.20. The van der Waals surface area contributed by atoms with Gasteiger partial charge in [0.05, 0.1) is 5.56 Å². The Balaban J connectivity index is 2.01. The van der Waals surface area contributed by atoms with Crippen molar-refractivity contribution in [3.63, 3.8) is 0 Å². The van der Waals surface area contributed by atoms with Gasteiger partial charge in [-0.3, -0.25) is 0 Å². The summed E-state index contributed by atoms with van der Waals surface area (Å²) in [4.78, 5) is 11.1. The van der Waals surface area contributed by atoms with E-state index in [1.54, 1.807) is 12.1 Å². The lowest BCUT2D eigenvalue weighted by Gasteiger charge is -2.23. The van der Waals surface area contributed by atoms with Crippen LogP contribution in [-0.2, 0) is 4.74 Å². The summed E-state index contributed by atoms with van der Waals surface area (Å²) in [5.41, 5.74) is 6.91. The second-order valence-electron chi connectivity index (χ2n) is 4.55. The highest BCUT2D eigenvalue weighted by atomic mass is 16.5. The number of hydrogen-bond donors (Lipinski definition) is 3. The molecule has 4 N–H and O–H groups in total. The lowest BCUT2D eigenvalue weighted by atomic mass is 10.00. The van der Waals surface area contributed by atoms with Crippen LogP contribution in [0.4, 0.5) is 11.4 Å². The molecule has 1 aromatic carbocycles. The summed E-state index contributed by atoms with van der Waals surface area (Å²) in [6, 6.07) is 4.91. The van der Waals surface area contributed by atoms with E-state index in [1.807, 2.05) is 0 Å². The molecule has 0 spiro atoms. The van der Waals surface area contributed by atoms with E-state index in [2.05, 4.69) is 5.32 Å². The van der Waals surface area contributed by atoms with Gasteiger partial charge in [-0.15, -0.1) is 0 Å². The lowest BCUT2D eigenvalue weighted by molar-refractivity contribution is 0.0689. The van der Waals surface area contributed by atoms with Crippen molar-refractivity contribution < 1.29 is 14.6 Å². The SMILES string of the molecule is Nc1ccc(NCC2CCOCC2)c(C(=O)O)c1. The number of ether oxygens (including phenoxy) is 1. The highest BCUT2D eigenvalue weighted by molar-refractivity contribution is 5.95. The maximum Gasteiger partial charge on any atom is 0.337 e. The summed E-state index contributed by atoms with van der Waals surface area (Å²) in [7, 11) is 0. The number of nitrogens with two attached hydrogens (primary N) is 1. The Hall–Kier alpha value is -1.75. The minimum Gasteiger partial charge on any atom is -0.478 e. The second-order valence-corrected chi connectivity index (χ2v) is 4.55. The van der Waals surface area contributed by atoms with Crippen molar-refractivity contribution in [1.29, 1.82) is 0 Å². The molecule has 1 heterocycles. The average Bonchev–Trinajstić information content (AvgIpc) is 2.38. The van der Waals surface area contributed by atoms with Crippen LogP contribution < -0.4 is 11.1 Å². The Morgan fingerprint density at radius 1 is 1.44 bits per heavy atom. The maximum absolute atomic E-state index is 11.1. The van der Waals surface area contributed by atoms with Crippen molar-refractivity contribution in [2.24, 2.45) is 5.92 Å². The number of benzene rings is 1. The first kappa shape index (κ1) is 12.7. The number of carboxylic acid groups (broad SMARTS) is 1. The van der Waals surface area contributed by atoms with Gasteiger partial charge in [-0.05, 0) is 37.0 Å². The maximum atomic E-state index is 11.1. The zero-order valence-electron chi connectivity index (χ0n) is 10.2. The predicted octanol–water partition coefficient (Wildman–Crippen LogP) is 1.81. The Morgan fingerprint density at radius 2 is 2.17 bits per heavy atom. The molecule has 1 aliphatic heterocycles. The van der Waals surface area contributed by atoms with Crippen LogP contribution in [0.5, 0.6) is 0 Å². The fourth-order valence-corrected chi connectivity index (χ4v) is 2.10. The predicted molar refractivity (Wildman–Crippen MR) is 69.8 cm³/mol. The standard InChI is InChI=1S/C13H18N2O3/c14-10-1-2-12(11(7-10)13(16)17)15-8-9-3-5-18-6-4-9/h1-2,7,9,15H,3-6,8,14H2,(H,16,17). The molecular formula is C13H18N2O3. The van der Waals surface area contributed by atoms with E-state index >= 15 is 0 Å². The van der Waals surface area contributed by atoms with Crippen molar-refractivity contribution in [2.45, 2.75) is 12.8 Å². The summed E-state index contributed by atoms with van der Waals surface area (Å²) in [6.07, 6.45) is 2.04. The fraction of sp³-hybridized carbons (Fsp3) is 0.462. The Morgan fingerprint density at radius 3 is 2.83 bits per heavy atom. The van der Waals surface area contributed by atoms with Crippen LogP contribution >= 0.6 is 0 Å². The van der Waals surface area contributed by atoms with Crippen molar-refractivity contribution in [2.75, 3.05) is 30.8 Å². The molecule has 5 nitrogen and oxygen atoms in total. The molecule has 0 aliphatic carbocycles. The quantitative estimate of drug-likeness (QED) is 0.710. The molecular weight excluding hydrogens is 232 g/mol. The van der Waals surface area contributed by atoms with E-state index < -0.39 is 5.97 Å². The fourth-order valence-electron chi connectivity index (χ4n) is 2.10. The zero-order valence-corrected chi connectivity index (χ0v) is 10.2. The molecule has 0 aromatic heterocycles. The van der Waals surface area contributed by atoms with Gasteiger partial charge < -0.3 is 20.9 Å². The van der Waals surface area contributed by atoms with Gasteiger partial charge in [0.25, 0.3) is 0 Å². The van der Waals surface area contributed by atoms with Gasteiger partial charge in [0.15, 0.2) is 0 Å². The first-order chi connectivity index (χ1) is 8.66. The largest absolute Gasteiger partial charge is 0.478 e. The van der Waals surface area contributed by atoms with Crippen molar-refractivity contribution in [3.8, 4) is 0 Å². The first-order valence-corrected chi connectivity index (χ1v) is 6.11. The van der Waals surface area contributed by atoms with E-state index in [-0.39, 0.29) is 5.56 Å². The molecule has 0 unspecified atom stereocenters. The topological polar surface area (TPSA) is 84.6 Å². The second kappa shape index (κ2) is 5.73. The number of nitrogen functional groups attached to an aromatic ring is 1. The van der Waals surface area contributed by atoms with Crippen LogP contribution in [0.1, 0.15) is 23.2 Å². The van der Waals surface area contributed by atoms with E-state index in [9.17, 15) is 4.79 Å². The number of hydrogen-bond acceptors (Lipinski definition) is 4. The van der Waals surface area contributed by atoms with Crippen molar-refractivity contribution in [3.05, 3.63) is 23.8 Å². The third kappa shape index (κ3) is 3.13. The molecule has 98 valence electrons. The summed E-state index contributed by atoms with van der Waals surface area (Å²) in [5, 5.41) is 12.3. The number of carboxylic acids is 1. The monoisotopic (exact) mass is 250 g/mol. The smallest absolute Gasteiger partial charge is 0.337 e. The molecule has 1 fully saturated rings. The van der Waals surface area contributed by atoms with Crippen LogP contribution in [0.3, 0.4) is 0 Å². The van der Waals surface area contributed by atoms with Gasteiger partial charge in [0.2, 0.25) is 0 Å². The van der Waals surface area contributed by atoms with Crippen LogP contribution in [0.15, 0.2) is 18.2 Å². The van der Waals surface area contributed by atoms with Crippen LogP contribution in [-0.4, -0.2) is 30.8 Å². The lowest BCUT2D eigenvalue weighted by Crippen LogP contribution is -2.23. The van der Waals surface area contributed by atoms with Gasteiger partial charge in [-0.2, -0.15) is 0 Å². The molecule has 1 saturated heterocycles. The average molecular weight is 250 g/mol. The van der Waals surface area contributed by atoms with E-state index in [4.69, 9.17) is 15.6 Å². The van der Waals surface area contributed by atoms with Crippen LogP contribution in [0.2, 0.25) is 0 Å². The van der Waals surface area contributed by atoms with E-state index in [1.165, 1.54) is 6.07 Å². The van der Waals surface area contributed by atoms with Gasteiger partial charge in [0, 0.05) is 31.1 Å². The first-order valence-electron chi connectivity index (χ1n) is 6.11. The molecule has 5 heteroatoms. The van der Waals surface area contributed by atoms with Gasteiger partial charge in [0.1, 0.15) is 0 Å². The number of rotatable bonds is 4. The zero-order chi connectivity index (χ0) is 13.0.